The Morgan fingerprint density at radius 1 is 0.871 bits per heavy atom. The Balaban J connectivity index is 1.72. The fourth-order valence-electron chi connectivity index (χ4n) is 2.97. The molecule has 0 radical (unpaired) electrons. The van der Waals surface area contributed by atoms with Crippen LogP contribution in [0, 0.1) is 17.3 Å². The predicted octanol–water partition coefficient (Wildman–Crippen LogP) is 2.57. The van der Waals surface area contributed by atoms with Gasteiger partial charge in [-0.2, -0.15) is 10.5 Å². The van der Waals surface area contributed by atoms with E-state index in [2.05, 4.69) is 6.58 Å². The van der Waals surface area contributed by atoms with E-state index in [-0.39, 0.29) is 5.23 Å². The fourth-order valence-corrected chi connectivity index (χ4v) is 2.97. The Bertz CT molecular complexity index is 1100. The molecule has 3 aromatic carbocycles. The van der Waals surface area contributed by atoms with Crippen LogP contribution in [0.3, 0.4) is 0 Å². The van der Waals surface area contributed by atoms with Gasteiger partial charge >= 0.3 is 0 Å². The summed E-state index contributed by atoms with van der Waals surface area (Å²) >= 11 is 0. The molecule has 2 N–H and O–H groups in total. The minimum atomic E-state index is -0.451. The van der Waals surface area contributed by atoms with Crippen LogP contribution < -0.4 is 20.2 Å². The van der Waals surface area contributed by atoms with Crippen LogP contribution in [0.1, 0.15) is 11.1 Å². The average Bonchev–Trinajstić information content (AvgIpc) is 2.80. The largest absolute Gasteiger partial charge is 0.595 e. The normalized spacial score (nSPS) is 13.6. The molecule has 8 heteroatoms. The van der Waals surface area contributed by atoms with E-state index < -0.39 is 5.23 Å². The molecule has 0 amide bonds. The topological polar surface area (TPSA) is 91.9 Å². The van der Waals surface area contributed by atoms with Gasteiger partial charge in [-0.15, -0.1) is 0 Å². The van der Waals surface area contributed by atoms with Gasteiger partial charge in [0.2, 0.25) is 0 Å². The van der Waals surface area contributed by atoms with Gasteiger partial charge in [0, 0.05) is 18.2 Å². The molecule has 0 heterocycles. The Hall–Kier alpha value is -3.24. The number of aryl methyl sites for hydroxylation is 1. The maximum absolute atomic E-state index is 11.7. The molecule has 0 aliphatic heterocycles. The fraction of sp³-hybridized carbons (Fsp3) is 0.130. The monoisotopic (exact) mass is 424 g/mol. The minimum absolute atomic E-state index is 0.363. The number of rotatable bonds is 9. The number of hydrogen-bond acceptors (Lipinski definition) is 6. The first-order valence-corrected chi connectivity index (χ1v) is 9.45. The van der Waals surface area contributed by atoms with Crippen LogP contribution in [0.2, 0.25) is 0 Å². The predicted molar refractivity (Wildman–Crippen MR) is 117 cm³/mol. The van der Waals surface area contributed by atoms with Crippen LogP contribution in [0.5, 0.6) is 11.5 Å². The zero-order valence-corrected chi connectivity index (χ0v) is 17.5. The Kier molecular flexibility index (Phi) is 7.37. The molecule has 8 nitrogen and oxygen atoms in total. The third-order valence-corrected chi connectivity index (χ3v) is 4.66. The molecule has 0 spiro atoms. The summed E-state index contributed by atoms with van der Waals surface area (Å²) in [6.07, 6.45) is 3.15. The molecule has 162 valence electrons. The van der Waals surface area contributed by atoms with E-state index in [1.807, 2.05) is 31.2 Å². The third kappa shape index (κ3) is 5.47. The molecular formula is C23H24N2O6. The van der Waals surface area contributed by atoms with Gasteiger partial charge < -0.3 is 10.4 Å². The molecule has 3 aromatic rings. The number of quaternary nitrogens is 2. The van der Waals surface area contributed by atoms with E-state index in [0.29, 0.717) is 22.9 Å². The van der Waals surface area contributed by atoms with E-state index in [9.17, 15) is 10.4 Å². The summed E-state index contributed by atoms with van der Waals surface area (Å²) in [5, 5.41) is 24.3. The highest BCUT2D eigenvalue weighted by Gasteiger charge is 2.08. The van der Waals surface area contributed by atoms with Crippen molar-refractivity contribution in [2.24, 2.45) is 0 Å². The average molecular weight is 424 g/mol. The van der Waals surface area contributed by atoms with Crippen molar-refractivity contribution in [2.75, 3.05) is 14.2 Å². The summed E-state index contributed by atoms with van der Waals surface area (Å²) in [6.45, 7) is 5.53. The summed E-state index contributed by atoms with van der Waals surface area (Å²) in [6, 6.07) is 16.0. The van der Waals surface area contributed by atoms with Gasteiger partial charge in [-0.1, -0.05) is 18.7 Å². The lowest BCUT2D eigenvalue weighted by molar-refractivity contribution is -1.01. The molecule has 0 saturated carbocycles. The molecule has 0 aliphatic rings. The highest BCUT2D eigenvalue weighted by molar-refractivity contribution is 5.85. The first-order valence-electron chi connectivity index (χ1n) is 9.45. The summed E-state index contributed by atoms with van der Waals surface area (Å²) in [5.74, 6) is 1.02. The van der Waals surface area contributed by atoms with Gasteiger partial charge in [-0.3, -0.25) is 9.78 Å². The lowest BCUT2D eigenvalue weighted by atomic mass is 10.1. The smallest absolute Gasteiger partial charge is 0.179 e. The summed E-state index contributed by atoms with van der Waals surface area (Å²) in [4.78, 5) is 20.4. The summed E-state index contributed by atoms with van der Waals surface area (Å²) < 4.78 is 0. The second kappa shape index (κ2) is 10.2. The zero-order valence-electron chi connectivity index (χ0n) is 17.5. The standard InChI is InChI=1S/C23H24N2O6/c1-5-20(24(26)28-3)13-17-7-10-22(12-16(17)2)30-31-23-11-8-18-14-21(25(27)29-4)9-6-19(18)15-23/h5-15,24-25H,1H2,2-4H3/b20-13+. The number of nitrogens with one attached hydrogen (secondary N) is 2. The van der Waals surface area contributed by atoms with Gasteiger partial charge in [-0.25, -0.2) is 9.68 Å². The highest BCUT2D eigenvalue weighted by Crippen LogP contribution is 2.25. The Morgan fingerprint density at radius 3 is 2.16 bits per heavy atom. The zero-order chi connectivity index (χ0) is 22.4. The molecule has 0 aliphatic carbocycles. The van der Waals surface area contributed by atoms with Crippen molar-refractivity contribution in [3.63, 3.8) is 0 Å². The molecule has 0 fully saturated rings. The molecule has 0 bridgehead atoms. The number of hydrogen-bond donors (Lipinski definition) is 2. The summed E-state index contributed by atoms with van der Waals surface area (Å²) in [7, 11) is 2.68. The van der Waals surface area contributed by atoms with Crippen LogP contribution >= 0.6 is 0 Å². The van der Waals surface area contributed by atoms with Crippen molar-refractivity contribution < 1.29 is 29.9 Å². The van der Waals surface area contributed by atoms with E-state index in [4.69, 9.17) is 19.5 Å². The molecule has 2 atom stereocenters. The van der Waals surface area contributed by atoms with Gasteiger partial charge in [0.25, 0.3) is 0 Å². The number of allylic oxidation sites excluding steroid dienone is 1. The molecule has 0 saturated heterocycles. The van der Waals surface area contributed by atoms with Crippen LogP contribution in [0.4, 0.5) is 5.69 Å². The molecule has 3 rings (SSSR count). The van der Waals surface area contributed by atoms with E-state index in [1.54, 1.807) is 36.4 Å². The highest BCUT2D eigenvalue weighted by atomic mass is 17.2. The van der Waals surface area contributed by atoms with Crippen molar-refractivity contribution in [3.8, 4) is 11.5 Å². The van der Waals surface area contributed by atoms with Gasteiger partial charge in [-0.05, 0) is 65.2 Å². The quantitative estimate of drug-likeness (QED) is 0.312. The Morgan fingerprint density at radius 2 is 1.52 bits per heavy atom. The summed E-state index contributed by atoms with van der Waals surface area (Å²) in [5.41, 5.74) is 2.57. The van der Waals surface area contributed by atoms with Crippen molar-refractivity contribution >= 4 is 22.5 Å². The third-order valence-electron chi connectivity index (χ3n) is 4.66. The molecular weight excluding hydrogens is 400 g/mol. The second-order valence-corrected chi connectivity index (χ2v) is 6.70. The van der Waals surface area contributed by atoms with E-state index in [1.165, 1.54) is 20.3 Å². The van der Waals surface area contributed by atoms with Crippen molar-refractivity contribution in [3.05, 3.63) is 94.5 Å². The van der Waals surface area contributed by atoms with Gasteiger partial charge in [0.15, 0.2) is 22.9 Å². The molecule has 2 unspecified atom stereocenters. The number of benzene rings is 3. The van der Waals surface area contributed by atoms with Crippen LogP contribution in [-0.2, 0) is 9.68 Å². The van der Waals surface area contributed by atoms with E-state index in [0.717, 1.165) is 21.9 Å². The first kappa shape index (κ1) is 22.4. The lowest BCUT2D eigenvalue weighted by Gasteiger charge is -2.17. The van der Waals surface area contributed by atoms with Gasteiger partial charge in [0.05, 0.1) is 14.2 Å². The first-order chi connectivity index (χ1) is 14.9. The molecule has 0 aromatic heterocycles. The number of fused-ring (bicyclic) bond motifs is 1. The lowest BCUT2D eigenvalue weighted by Crippen LogP contribution is -3.03. The number of hydroxylamine groups is 2. The maximum Gasteiger partial charge on any atom is 0.179 e. The Labute approximate surface area is 180 Å². The van der Waals surface area contributed by atoms with Crippen LogP contribution in [0.25, 0.3) is 16.8 Å². The SMILES string of the molecule is C=C/C(=C\c1ccc(OOc2ccc3cc([NH+]([O-])OC)ccc3c2)cc1C)[NH+]([O-])OC. The van der Waals surface area contributed by atoms with Crippen molar-refractivity contribution in [2.45, 2.75) is 6.92 Å². The second-order valence-electron chi connectivity index (χ2n) is 6.70. The van der Waals surface area contributed by atoms with Crippen molar-refractivity contribution in [1.29, 1.82) is 0 Å². The molecule has 31 heavy (non-hydrogen) atoms. The maximum atomic E-state index is 11.7. The van der Waals surface area contributed by atoms with Crippen LogP contribution in [-0.4, -0.2) is 14.2 Å². The van der Waals surface area contributed by atoms with Crippen LogP contribution in [0.15, 0.2) is 72.9 Å². The van der Waals surface area contributed by atoms with Gasteiger partial charge in [0.1, 0.15) is 0 Å². The van der Waals surface area contributed by atoms with Crippen molar-refractivity contribution in [1.82, 2.24) is 0 Å². The van der Waals surface area contributed by atoms with E-state index >= 15 is 0 Å². The minimum Gasteiger partial charge on any atom is -0.595 e.